The van der Waals surface area contributed by atoms with Gasteiger partial charge < -0.3 is 9.26 Å². The fourth-order valence-corrected chi connectivity index (χ4v) is 4.33. The van der Waals surface area contributed by atoms with E-state index in [0.717, 1.165) is 39.1 Å². The molecule has 212 valence electrons. The Morgan fingerprint density at radius 2 is 1.73 bits per heavy atom. The molecule has 0 saturated heterocycles. The highest BCUT2D eigenvalue weighted by molar-refractivity contribution is 5.91. The van der Waals surface area contributed by atoms with Crippen LogP contribution in [0.3, 0.4) is 0 Å². The zero-order chi connectivity index (χ0) is 29.4. The van der Waals surface area contributed by atoms with Gasteiger partial charge in [0.2, 0.25) is 11.8 Å². The fourth-order valence-electron chi connectivity index (χ4n) is 4.33. The zero-order valence-corrected chi connectivity index (χ0v) is 24.1. The summed E-state index contributed by atoms with van der Waals surface area (Å²) in [4.78, 5) is 29.3. The van der Waals surface area contributed by atoms with Crippen molar-refractivity contribution >= 4 is 28.8 Å². The number of fused-ring (bicyclic) bond motifs is 1. The number of benzene rings is 2. The Morgan fingerprint density at radius 1 is 0.976 bits per heavy atom. The molecule has 10 nitrogen and oxygen atoms in total. The SMILES string of the molecule is CC(C)(C)OC(=O)Cn1cc(-c2ccc3c(c2)ncn3-c2ccc(CC(=O)Nc3cc(C(C)(C)C)no3)cc2)cn1. The van der Waals surface area contributed by atoms with Crippen LogP contribution < -0.4 is 5.32 Å². The first-order valence-corrected chi connectivity index (χ1v) is 13.4. The van der Waals surface area contributed by atoms with Gasteiger partial charge >= 0.3 is 5.97 Å². The summed E-state index contributed by atoms with van der Waals surface area (Å²) in [6, 6.07) is 15.5. The fraction of sp³-hybridized carbons (Fsp3) is 0.323. The number of hydrogen-bond acceptors (Lipinski definition) is 7. The molecule has 0 spiro atoms. The molecule has 0 aliphatic rings. The molecule has 0 fully saturated rings. The summed E-state index contributed by atoms with van der Waals surface area (Å²) < 4.78 is 14.2. The van der Waals surface area contributed by atoms with Gasteiger partial charge in [-0.1, -0.05) is 44.1 Å². The standard InChI is InChI=1S/C31H34N6O4/c1-30(2,3)26-15-28(41-35-26)34-27(38)13-20-7-10-23(11-8-20)37-19-32-24-14-21(9-12-25(24)37)22-16-33-36(17-22)18-29(39)40-31(4,5)6/h7-12,14-17,19H,13,18H2,1-6H3,(H,34,38). The summed E-state index contributed by atoms with van der Waals surface area (Å²) in [6.07, 6.45) is 5.53. The Labute approximate surface area is 238 Å². The molecule has 0 atom stereocenters. The van der Waals surface area contributed by atoms with E-state index < -0.39 is 5.60 Å². The van der Waals surface area contributed by atoms with Crippen molar-refractivity contribution in [3.05, 3.63) is 78.5 Å². The summed E-state index contributed by atoms with van der Waals surface area (Å²) in [7, 11) is 0. The molecular formula is C31H34N6O4. The van der Waals surface area contributed by atoms with Crippen molar-refractivity contribution in [1.82, 2.24) is 24.5 Å². The lowest BCUT2D eigenvalue weighted by Gasteiger charge is -2.19. The minimum absolute atomic E-state index is 0.0456. The van der Waals surface area contributed by atoms with Crippen LogP contribution >= 0.6 is 0 Å². The van der Waals surface area contributed by atoms with Crippen molar-refractivity contribution < 1.29 is 18.8 Å². The van der Waals surface area contributed by atoms with Gasteiger partial charge in [0.1, 0.15) is 18.5 Å². The van der Waals surface area contributed by atoms with Gasteiger partial charge in [-0.15, -0.1) is 0 Å². The third-order valence-corrected chi connectivity index (χ3v) is 6.35. The number of aromatic nitrogens is 5. The molecular weight excluding hydrogens is 520 g/mol. The third kappa shape index (κ3) is 6.71. The number of nitrogens with one attached hydrogen (secondary N) is 1. The van der Waals surface area contributed by atoms with E-state index in [1.54, 1.807) is 23.3 Å². The maximum absolute atomic E-state index is 12.5. The van der Waals surface area contributed by atoms with Gasteiger partial charge in [-0.05, 0) is 56.2 Å². The second-order valence-electron chi connectivity index (χ2n) is 12.0. The van der Waals surface area contributed by atoms with Crippen LogP contribution in [-0.4, -0.2) is 42.0 Å². The van der Waals surface area contributed by atoms with Crippen LogP contribution in [0.15, 0.2) is 71.8 Å². The average molecular weight is 555 g/mol. The quantitative estimate of drug-likeness (QED) is 0.257. The van der Waals surface area contributed by atoms with Crippen molar-refractivity contribution in [3.8, 4) is 16.8 Å². The highest BCUT2D eigenvalue weighted by Gasteiger charge is 2.20. The van der Waals surface area contributed by atoms with Crippen LogP contribution in [0.1, 0.15) is 52.8 Å². The minimum atomic E-state index is -0.541. The minimum Gasteiger partial charge on any atom is -0.459 e. The Morgan fingerprint density at radius 3 is 2.41 bits per heavy atom. The molecule has 10 heteroatoms. The van der Waals surface area contributed by atoms with Crippen LogP contribution in [0.25, 0.3) is 27.8 Å². The molecule has 3 aromatic heterocycles. The maximum atomic E-state index is 12.5. The summed E-state index contributed by atoms with van der Waals surface area (Å²) in [5.74, 6) is -0.168. The van der Waals surface area contributed by atoms with Gasteiger partial charge in [-0.2, -0.15) is 5.10 Å². The Kier molecular flexibility index (Phi) is 7.25. The lowest BCUT2D eigenvalue weighted by Crippen LogP contribution is -2.26. The molecule has 1 N–H and O–H groups in total. The van der Waals surface area contributed by atoms with Gasteiger partial charge in [-0.3, -0.25) is 24.2 Å². The molecule has 0 aliphatic heterocycles. The first kappa shape index (κ1) is 27.8. The molecule has 0 bridgehead atoms. The second kappa shape index (κ2) is 10.7. The number of ether oxygens (including phenoxy) is 1. The number of nitrogens with zero attached hydrogens (tertiary/aromatic N) is 5. The number of hydrogen-bond donors (Lipinski definition) is 1. The topological polar surface area (TPSA) is 117 Å². The predicted molar refractivity (Wildman–Crippen MR) is 156 cm³/mol. The maximum Gasteiger partial charge on any atom is 0.328 e. The normalized spacial score (nSPS) is 12.0. The van der Waals surface area contributed by atoms with Crippen LogP contribution in [0.2, 0.25) is 0 Å². The van der Waals surface area contributed by atoms with Gasteiger partial charge in [0.15, 0.2) is 0 Å². The molecule has 5 aromatic rings. The third-order valence-electron chi connectivity index (χ3n) is 6.35. The van der Waals surface area contributed by atoms with Crippen LogP contribution in [0.4, 0.5) is 5.88 Å². The van der Waals surface area contributed by atoms with Gasteiger partial charge in [0.25, 0.3) is 0 Å². The van der Waals surface area contributed by atoms with Gasteiger partial charge in [0, 0.05) is 28.9 Å². The van der Waals surface area contributed by atoms with Crippen LogP contribution in [-0.2, 0) is 32.7 Å². The Hall–Kier alpha value is -4.73. The molecule has 1 amide bonds. The number of anilines is 1. The number of amides is 1. The molecule has 3 heterocycles. The second-order valence-corrected chi connectivity index (χ2v) is 12.0. The monoisotopic (exact) mass is 554 g/mol. The van der Waals surface area contributed by atoms with Crippen molar-refractivity contribution in [2.75, 3.05) is 5.32 Å². The lowest BCUT2D eigenvalue weighted by atomic mass is 9.92. The largest absolute Gasteiger partial charge is 0.459 e. The summed E-state index contributed by atoms with van der Waals surface area (Å²) in [6.45, 7) is 11.7. The molecule has 41 heavy (non-hydrogen) atoms. The number of esters is 1. The molecule has 0 unspecified atom stereocenters. The van der Waals surface area contributed by atoms with E-state index in [1.165, 1.54) is 0 Å². The molecule has 0 aliphatic carbocycles. The van der Waals surface area contributed by atoms with Crippen LogP contribution in [0, 0.1) is 0 Å². The molecule has 5 rings (SSSR count). The summed E-state index contributed by atoms with van der Waals surface area (Å²) in [5.41, 5.74) is 5.48. The number of rotatable bonds is 7. The first-order chi connectivity index (χ1) is 19.3. The summed E-state index contributed by atoms with van der Waals surface area (Å²) in [5, 5.41) is 11.1. The highest BCUT2D eigenvalue weighted by atomic mass is 16.6. The van der Waals surface area contributed by atoms with Crippen LogP contribution in [0.5, 0.6) is 0 Å². The Bertz CT molecular complexity index is 1700. The molecule has 0 radical (unpaired) electrons. The zero-order valence-electron chi connectivity index (χ0n) is 24.1. The predicted octanol–water partition coefficient (Wildman–Crippen LogP) is 5.70. The number of carbonyl (C=O) groups is 2. The Balaban J connectivity index is 1.24. The first-order valence-electron chi connectivity index (χ1n) is 13.4. The van der Waals surface area contributed by atoms with E-state index in [-0.39, 0.29) is 30.3 Å². The average Bonchev–Trinajstić information content (AvgIpc) is 3.62. The van der Waals surface area contributed by atoms with Gasteiger partial charge in [-0.25, -0.2) is 4.98 Å². The number of imidazole rings is 1. The van der Waals surface area contributed by atoms with Crippen molar-refractivity contribution in [1.29, 1.82) is 0 Å². The number of carbonyl (C=O) groups excluding carboxylic acids is 2. The van der Waals surface area contributed by atoms with E-state index in [0.29, 0.717) is 5.88 Å². The molecule has 2 aromatic carbocycles. The highest BCUT2D eigenvalue weighted by Crippen LogP contribution is 2.26. The van der Waals surface area contributed by atoms with E-state index in [1.807, 2.05) is 94.8 Å². The van der Waals surface area contributed by atoms with E-state index in [2.05, 4.69) is 20.6 Å². The summed E-state index contributed by atoms with van der Waals surface area (Å²) >= 11 is 0. The van der Waals surface area contributed by atoms with Gasteiger partial charge in [0.05, 0.1) is 29.3 Å². The lowest BCUT2D eigenvalue weighted by molar-refractivity contribution is -0.155. The van der Waals surface area contributed by atoms with Crippen molar-refractivity contribution in [3.63, 3.8) is 0 Å². The van der Waals surface area contributed by atoms with E-state index in [4.69, 9.17) is 9.26 Å². The van der Waals surface area contributed by atoms with E-state index >= 15 is 0 Å². The molecule has 0 saturated carbocycles. The van der Waals surface area contributed by atoms with E-state index in [9.17, 15) is 9.59 Å². The van der Waals surface area contributed by atoms with Crippen molar-refractivity contribution in [2.45, 2.75) is 65.5 Å². The van der Waals surface area contributed by atoms with Crippen molar-refractivity contribution in [2.24, 2.45) is 0 Å². The smallest absolute Gasteiger partial charge is 0.328 e.